The van der Waals surface area contributed by atoms with Gasteiger partial charge in [-0.15, -0.1) is 0 Å². The number of methoxy groups -OCH3 is 1. The molecule has 0 unspecified atom stereocenters. The van der Waals surface area contributed by atoms with Crippen molar-refractivity contribution in [3.8, 4) is 5.88 Å². The highest BCUT2D eigenvalue weighted by molar-refractivity contribution is 7.92. The van der Waals surface area contributed by atoms with Crippen molar-refractivity contribution in [1.82, 2.24) is 9.97 Å². The van der Waals surface area contributed by atoms with Crippen molar-refractivity contribution in [2.45, 2.75) is 11.8 Å². The molecule has 0 saturated carbocycles. The number of carbonyl (C=O) groups is 1. The van der Waals surface area contributed by atoms with Crippen molar-refractivity contribution < 1.29 is 22.8 Å². The van der Waals surface area contributed by atoms with Gasteiger partial charge in [-0.2, -0.15) is 0 Å². The highest BCUT2D eigenvalue weighted by Gasteiger charge is 2.15. The van der Waals surface area contributed by atoms with Crippen molar-refractivity contribution in [3.05, 3.63) is 36.7 Å². The molecule has 1 heterocycles. The van der Waals surface area contributed by atoms with Crippen LogP contribution in [0.25, 0.3) is 0 Å². The van der Waals surface area contributed by atoms with E-state index in [-0.39, 0.29) is 16.6 Å². The number of carbonyl (C=O) groups excluding carboxylic acids is 1. The Bertz CT molecular complexity index is 792. The number of benzene rings is 1. The van der Waals surface area contributed by atoms with Gasteiger partial charge in [-0.1, -0.05) is 0 Å². The molecule has 23 heavy (non-hydrogen) atoms. The number of aromatic nitrogens is 2. The second-order valence-corrected chi connectivity index (χ2v) is 5.95. The fraction of sp³-hybridized carbons (Fsp3) is 0.154. The predicted octanol–water partition coefficient (Wildman–Crippen LogP) is 1.18. The Morgan fingerprint density at radius 1 is 1.17 bits per heavy atom. The van der Waals surface area contributed by atoms with Gasteiger partial charge in [0.25, 0.3) is 10.0 Å². The van der Waals surface area contributed by atoms with E-state index in [9.17, 15) is 13.2 Å². The number of nitrogens with zero attached hydrogens (tertiary/aromatic N) is 2. The lowest BCUT2D eigenvalue weighted by Crippen LogP contribution is -2.14. The first-order chi connectivity index (χ1) is 10.9. The van der Waals surface area contributed by atoms with Gasteiger partial charge in [-0.05, 0) is 24.3 Å². The van der Waals surface area contributed by atoms with Crippen LogP contribution in [0.2, 0.25) is 0 Å². The Morgan fingerprint density at radius 3 is 2.48 bits per heavy atom. The number of sulfonamides is 1. The molecule has 0 bridgehead atoms. The molecule has 0 aliphatic rings. The average molecular weight is 338 g/mol. The molecule has 1 aromatic carbocycles. The van der Waals surface area contributed by atoms with E-state index in [0.29, 0.717) is 5.69 Å². The standard InChI is InChI=1S/C13H14N4O5S/c1-9(18)22-16-10-3-5-11(6-4-10)23(19,20)17-12-7-13(21-2)15-8-14-12/h3-8,16H,1-2H3,(H,14,15,17). The van der Waals surface area contributed by atoms with Gasteiger partial charge in [0, 0.05) is 13.0 Å². The van der Waals surface area contributed by atoms with Gasteiger partial charge in [0.15, 0.2) is 0 Å². The van der Waals surface area contributed by atoms with Gasteiger partial charge in [0.05, 0.1) is 17.7 Å². The number of anilines is 2. The van der Waals surface area contributed by atoms with Gasteiger partial charge in [0.2, 0.25) is 5.88 Å². The highest BCUT2D eigenvalue weighted by atomic mass is 32.2. The van der Waals surface area contributed by atoms with Gasteiger partial charge < -0.3 is 9.57 Å². The summed E-state index contributed by atoms with van der Waals surface area (Å²) in [6.07, 6.45) is 1.18. The van der Waals surface area contributed by atoms with Crippen LogP contribution in [0.5, 0.6) is 5.88 Å². The first kappa shape index (κ1) is 16.5. The molecule has 2 N–H and O–H groups in total. The van der Waals surface area contributed by atoms with Crippen molar-refractivity contribution in [2.24, 2.45) is 0 Å². The summed E-state index contributed by atoms with van der Waals surface area (Å²) < 4.78 is 31.7. The maximum Gasteiger partial charge on any atom is 0.329 e. The largest absolute Gasteiger partial charge is 0.481 e. The van der Waals surface area contributed by atoms with Crippen LogP contribution >= 0.6 is 0 Å². The number of hydrogen-bond acceptors (Lipinski definition) is 8. The molecule has 10 heteroatoms. The number of ether oxygens (including phenoxy) is 1. The summed E-state index contributed by atoms with van der Waals surface area (Å²) in [6.45, 7) is 1.24. The second-order valence-electron chi connectivity index (χ2n) is 4.27. The number of nitrogens with one attached hydrogen (secondary N) is 2. The lowest BCUT2D eigenvalue weighted by Gasteiger charge is -2.09. The second kappa shape index (κ2) is 6.92. The first-order valence-corrected chi connectivity index (χ1v) is 7.81. The molecule has 0 saturated heterocycles. The van der Waals surface area contributed by atoms with Crippen LogP contribution in [-0.2, 0) is 19.7 Å². The zero-order chi connectivity index (χ0) is 16.9. The molecular formula is C13H14N4O5S. The lowest BCUT2D eigenvalue weighted by atomic mass is 10.3. The van der Waals surface area contributed by atoms with Gasteiger partial charge in [0.1, 0.15) is 12.1 Å². The summed E-state index contributed by atoms with van der Waals surface area (Å²) in [7, 11) is -2.41. The van der Waals surface area contributed by atoms with E-state index in [1.54, 1.807) is 0 Å². The monoisotopic (exact) mass is 338 g/mol. The van der Waals surface area contributed by atoms with Gasteiger partial charge in [-0.3, -0.25) is 9.52 Å². The number of hydrogen-bond donors (Lipinski definition) is 2. The molecular weight excluding hydrogens is 324 g/mol. The van der Waals surface area contributed by atoms with E-state index in [1.807, 2.05) is 0 Å². The zero-order valence-corrected chi connectivity index (χ0v) is 13.1. The van der Waals surface area contributed by atoms with Crippen LogP contribution in [-0.4, -0.2) is 31.5 Å². The third-order valence-electron chi connectivity index (χ3n) is 2.57. The topological polar surface area (TPSA) is 120 Å². The zero-order valence-electron chi connectivity index (χ0n) is 12.3. The van der Waals surface area contributed by atoms with Crippen molar-refractivity contribution in [2.75, 3.05) is 17.3 Å². The van der Waals surface area contributed by atoms with Crippen LogP contribution in [0.3, 0.4) is 0 Å². The van der Waals surface area contributed by atoms with Crippen molar-refractivity contribution in [1.29, 1.82) is 0 Å². The minimum Gasteiger partial charge on any atom is -0.481 e. The maximum atomic E-state index is 12.3. The third kappa shape index (κ3) is 4.54. The molecule has 9 nitrogen and oxygen atoms in total. The Labute approximate surface area is 132 Å². The predicted molar refractivity (Wildman–Crippen MR) is 81.2 cm³/mol. The van der Waals surface area contributed by atoms with E-state index < -0.39 is 16.0 Å². The van der Waals surface area contributed by atoms with E-state index in [0.717, 1.165) is 0 Å². The molecule has 2 aromatic rings. The van der Waals surface area contributed by atoms with E-state index in [4.69, 9.17) is 4.74 Å². The first-order valence-electron chi connectivity index (χ1n) is 6.33. The molecule has 122 valence electrons. The summed E-state index contributed by atoms with van der Waals surface area (Å²) in [5, 5.41) is 0. The highest BCUT2D eigenvalue weighted by Crippen LogP contribution is 2.18. The average Bonchev–Trinajstić information content (AvgIpc) is 2.53. The maximum absolute atomic E-state index is 12.3. The smallest absolute Gasteiger partial charge is 0.329 e. The molecule has 2 rings (SSSR count). The Hall–Kier alpha value is -2.88. The lowest BCUT2D eigenvalue weighted by molar-refractivity contribution is -0.138. The molecule has 0 spiro atoms. The van der Waals surface area contributed by atoms with Crippen LogP contribution in [0, 0.1) is 0 Å². The van der Waals surface area contributed by atoms with Crippen LogP contribution in [0.4, 0.5) is 11.5 Å². The Balaban J connectivity index is 2.14. The van der Waals surface area contributed by atoms with Gasteiger partial charge >= 0.3 is 5.97 Å². The van der Waals surface area contributed by atoms with E-state index in [2.05, 4.69) is 25.0 Å². The summed E-state index contributed by atoms with van der Waals surface area (Å²) in [4.78, 5) is 22.9. The molecule has 0 aliphatic heterocycles. The normalized spacial score (nSPS) is 10.7. The quantitative estimate of drug-likeness (QED) is 0.753. The molecule has 0 fully saturated rings. The Morgan fingerprint density at radius 2 is 1.87 bits per heavy atom. The SMILES string of the molecule is COc1cc(NS(=O)(=O)c2ccc(NOC(C)=O)cc2)ncn1. The summed E-state index contributed by atoms with van der Waals surface area (Å²) in [6, 6.07) is 6.98. The minimum absolute atomic E-state index is 0.0171. The van der Waals surface area contributed by atoms with Gasteiger partial charge in [-0.25, -0.2) is 23.9 Å². The molecule has 1 aromatic heterocycles. The fourth-order valence-corrected chi connectivity index (χ4v) is 2.54. The third-order valence-corrected chi connectivity index (χ3v) is 3.94. The van der Waals surface area contributed by atoms with Crippen LogP contribution in [0.1, 0.15) is 6.92 Å². The molecule has 0 radical (unpaired) electrons. The molecule has 0 amide bonds. The number of rotatable bonds is 6. The van der Waals surface area contributed by atoms with Crippen LogP contribution < -0.4 is 14.9 Å². The van der Waals surface area contributed by atoms with E-state index >= 15 is 0 Å². The summed E-state index contributed by atoms with van der Waals surface area (Å²) in [5.41, 5.74) is 2.82. The van der Waals surface area contributed by atoms with Crippen LogP contribution in [0.15, 0.2) is 41.6 Å². The molecule has 0 atom stereocenters. The fourth-order valence-electron chi connectivity index (χ4n) is 1.54. The summed E-state index contributed by atoms with van der Waals surface area (Å²) in [5.74, 6) is -0.196. The van der Waals surface area contributed by atoms with E-state index in [1.165, 1.54) is 50.7 Å². The minimum atomic E-state index is -3.82. The van der Waals surface area contributed by atoms with Crippen molar-refractivity contribution >= 4 is 27.5 Å². The Kier molecular flexibility index (Phi) is 4.96. The molecule has 0 aliphatic carbocycles. The summed E-state index contributed by atoms with van der Waals surface area (Å²) >= 11 is 0. The van der Waals surface area contributed by atoms with Crippen molar-refractivity contribution in [3.63, 3.8) is 0 Å².